The summed E-state index contributed by atoms with van der Waals surface area (Å²) < 4.78 is 11.0. The second kappa shape index (κ2) is 8.78. The summed E-state index contributed by atoms with van der Waals surface area (Å²) in [5.74, 6) is 1.29. The van der Waals surface area contributed by atoms with Gasteiger partial charge in [0.15, 0.2) is 5.76 Å². The summed E-state index contributed by atoms with van der Waals surface area (Å²) in [6, 6.07) is 1.64. The van der Waals surface area contributed by atoms with Gasteiger partial charge in [-0.25, -0.2) is 4.79 Å². The molecule has 2 rings (SSSR count). The normalized spacial score (nSPS) is 21.5. The highest BCUT2D eigenvalue weighted by Crippen LogP contribution is 2.25. The smallest absolute Gasteiger partial charge is 0.315 e. The Morgan fingerprint density at radius 3 is 2.95 bits per heavy atom. The van der Waals surface area contributed by atoms with E-state index in [1.165, 1.54) is 19.3 Å². The van der Waals surface area contributed by atoms with Gasteiger partial charge in [-0.1, -0.05) is 31.8 Å². The summed E-state index contributed by atoms with van der Waals surface area (Å²) in [5.41, 5.74) is 0.896. The Morgan fingerprint density at radius 2 is 2.23 bits per heavy atom. The zero-order valence-electron chi connectivity index (χ0n) is 13.6. The van der Waals surface area contributed by atoms with E-state index in [-0.39, 0.29) is 6.03 Å². The number of carbonyl (C=O) groups excluding carboxylic acids is 1. The predicted octanol–water partition coefficient (Wildman–Crippen LogP) is 2.63. The fourth-order valence-electron chi connectivity index (χ4n) is 2.74. The van der Waals surface area contributed by atoms with Crippen LogP contribution in [0.5, 0.6) is 0 Å². The Bertz CT molecular complexity index is 461. The lowest BCUT2D eigenvalue weighted by Crippen LogP contribution is -2.38. The maximum absolute atomic E-state index is 11.7. The zero-order chi connectivity index (χ0) is 15.8. The monoisotopic (exact) mass is 309 g/mol. The van der Waals surface area contributed by atoms with Crippen molar-refractivity contribution >= 4 is 6.03 Å². The zero-order valence-corrected chi connectivity index (χ0v) is 13.6. The Kier molecular flexibility index (Phi) is 6.71. The Hall–Kier alpha value is -1.56. The molecule has 0 bridgehead atoms. The number of urea groups is 1. The minimum atomic E-state index is -0.213. The first-order valence-corrected chi connectivity index (χ1v) is 8.26. The summed E-state index contributed by atoms with van der Waals surface area (Å²) in [6.07, 6.45) is 6.12. The highest BCUT2D eigenvalue weighted by Gasteiger charge is 2.21. The molecule has 1 aromatic rings. The number of nitrogens with one attached hydrogen (secondary N) is 2. The van der Waals surface area contributed by atoms with Crippen LogP contribution in [0, 0.1) is 5.92 Å². The van der Waals surface area contributed by atoms with Gasteiger partial charge >= 0.3 is 6.03 Å². The van der Waals surface area contributed by atoms with Gasteiger partial charge in [0.05, 0.1) is 24.9 Å². The SMILES string of the molecule is CCc1cc(CNC(=O)NCCOC2CCCCC2C)on1. The van der Waals surface area contributed by atoms with E-state index in [4.69, 9.17) is 9.26 Å². The lowest BCUT2D eigenvalue weighted by Gasteiger charge is -2.28. The average Bonchev–Trinajstić information content (AvgIpc) is 2.99. The van der Waals surface area contributed by atoms with Crippen LogP contribution in [-0.2, 0) is 17.7 Å². The third-order valence-electron chi connectivity index (χ3n) is 4.15. The highest BCUT2D eigenvalue weighted by molar-refractivity contribution is 5.73. The van der Waals surface area contributed by atoms with E-state index in [0.29, 0.717) is 37.5 Å². The number of carbonyl (C=O) groups is 1. The van der Waals surface area contributed by atoms with Crippen LogP contribution in [0.25, 0.3) is 0 Å². The summed E-state index contributed by atoms with van der Waals surface area (Å²) in [5, 5.41) is 9.42. The number of ether oxygens (including phenoxy) is 1. The van der Waals surface area contributed by atoms with E-state index in [0.717, 1.165) is 18.5 Å². The number of rotatable bonds is 7. The molecule has 0 aromatic carbocycles. The third kappa shape index (κ3) is 5.33. The van der Waals surface area contributed by atoms with Crippen LogP contribution in [0.15, 0.2) is 10.6 Å². The molecule has 1 heterocycles. The lowest BCUT2D eigenvalue weighted by atomic mass is 9.88. The Balaban J connectivity index is 1.55. The molecule has 2 unspecified atom stereocenters. The van der Waals surface area contributed by atoms with Gasteiger partial charge in [0, 0.05) is 12.6 Å². The summed E-state index contributed by atoms with van der Waals surface area (Å²) >= 11 is 0. The maximum atomic E-state index is 11.7. The number of aryl methyl sites for hydroxylation is 1. The van der Waals surface area contributed by atoms with Crippen molar-refractivity contribution in [3.63, 3.8) is 0 Å². The fraction of sp³-hybridized carbons (Fsp3) is 0.750. The van der Waals surface area contributed by atoms with Gasteiger partial charge in [-0.3, -0.25) is 0 Å². The van der Waals surface area contributed by atoms with E-state index in [2.05, 4.69) is 22.7 Å². The Morgan fingerprint density at radius 1 is 1.41 bits per heavy atom. The van der Waals surface area contributed by atoms with E-state index in [1.54, 1.807) is 0 Å². The van der Waals surface area contributed by atoms with Crippen molar-refractivity contribution < 1.29 is 14.1 Å². The van der Waals surface area contributed by atoms with Crippen LogP contribution in [0.3, 0.4) is 0 Å². The molecule has 2 amide bonds. The molecule has 1 aliphatic rings. The molecule has 2 N–H and O–H groups in total. The molecule has 1 saturated carbocycles. The van der Waals surface area contributed by atoms with Gasteiger partial charge < -0.3 is 19.9 Å². The second-order valence-corrected chi connectivity index (χ2v) is 5.92. The van der Waals surface area contributed by atoms with Crippen LogP contribution < -0.4 is 10.6 Å². The topological polar surface area (TPSA) is 76.4 Å². The van der Waals surface area contributed by atoms with Crippen LogP contribution in [0.4, 0.5) is 4.79 Å². The number of nitrogens with zero attached hydrogens (tertiary/aromatic N) is 1. The van der Waals surface area contributed by atoms with Gasteiger partial charge in [-0.05, 0) is 25.2 Å². The van der Waals surface area contributed by atoms with Crippen LogP contribution in [0.2, 0.25) is 0 Å². The second-order valence-electron chi connectivity index (χ2n) is 5.92. The van der Waals surface area contributed by atoms with Crippen molar-refractivity contribution in [2.45, 2.75) is 58.6 Å². The average molecular weight is 309 g/mol. The first kappa shape index (κ1) is 16.8. The summed E-state index contributed by atoms with van der Waals surface area (Å²) in [4.78, 5) is 11.7. The molecular weight excluding hydrogens is 282 g/mol. The highest BCUT2D eigenvalue weighted by atomic mass is 16.5. The lowest BCUT2D eigenvalue weighted by molar-refractivity contribution is -0.00243. The van der Waals surface area contributed by atoms with Crippen molar-refractivity contribution in [1.82, 2.24) is 15.8 Å². The molecule has 0 spiro atoms. The molecule has 1 aliphatic carbocycles. The van der Waals surface area contributed by atoms with E-state index in [1.807, 2.05) is 13.0 Å². The van der Waals surface area contributed by atoms with Gasteiger partial charge in [0.1, 0.15) is 0 Å². The number of amides is 2. The molecule has 0 saturated heterocycles. The van der Waals surface area contributed by atoms with Gasteiger partial charge in [0.2, 0.25) is 0 Å². The molecule has 22 heavy (non-hydrogen) atoms. The van der Waals surface area contributed by atoms with Gasteiger partial charge in [0.25, 0.3) is 0 Å². The molecule has 0 aliphatic heterocycles. The van der Waals surface area contributed by atoms with E-state index >= 15 is 0 Å². The molecule has 1 aromatic heterocycles. The standard InChI is InChI=1S/C16H27N3O3/c1-3-13-10-14(22-19-13)11-18-16(20)17-8-9-21-15-7-5-4-6-12(15)2/h10,12,15H,3-9,11H2,1-2H3,(H2,17,18,20). The molecular formula is C16H27N3O3. The van der Waals surface area contributed by atoms with Crippen molar-refractivity contribution in [1.29, 1.82) is 0 Å². The molecule has 124 valence electrons. The maximum Gasteiger partial charge on any atom is 0.315 e. The fourth-order valence-corrected chi connectivity index (χ4v) is 2.74. The number of hydrogen-bond acceptors (Lipinski definition) is 4. The van der Waals surface area contributed by atoms with Crippen molar-refractivity contribution in [2.24, 2.45) is 5.92 Å². The molecule has 0 radical (unpaired) electrons. The van der Waals surface area contributed by atoms with Gasteiger partial charge in [-0.2, -0.15) is 0 Å². The molecule has 6 nitrogen and oxygen atoms in total. The Labute approximate surface area is 132 Å². The minimum Gasteiger partial charge on any atom is -0.376 e. The van der Waals surface area contributed by atoms with Crippen LogP contribution >= 0.6 is 0 Å². The first-order valence-electron chi connectivity index (χ1n) is 8.26. The predicted molar refractivity (Wildman–Crippen MR) is 83.5 cm³/mol. The van der Waals surface area contributed by atoms with E-state index in [9.17, 15) is 4.79 Å². The molecule has 6 heteroatoms. The quantitative estimate of drug-likeness (QED) is 0.759. The van der Waals surface area contributed by atoms with Crippen LogP contribution in [0.1, 0.15) is 51.0 Å². The van der Waals surface area contributed by atoms with Crippen molar-refractivity contribution in [2.75, 3.05) is 13.2 Å². The largest absolute Gasteiger partial charge is 0.376 e. The first-order chi connectivity index (χ1) is 10.7. The third-order valence-corrected chi connectivity index (χ3v) is 4.15. The van der Waals surface area contributed by atoms with Crippen molar-refractivity contribution in [3.05, 3.63) is 17.5 Å². The minimum absolute atomic E-state index is 0.213. The number of aromatic nitrogens is 1. The summed E-state index contributed by atoms with van der Waals surface area (Å²) in [7, 11) is 0. The summed E-state index contributed by atoms with van der Waals surface area (Å²) in [6.45, 7) is 5.68. The molecule has 1 fully saturated rings. The number of hydrogen-bond donors (Lipinski definition) is 2. The van der Waals surface area contributed by atoms with Crippen LogP contribution in [-0.4, -0.2) is 30.4 Å². The molecule has 2 atom stereocenters. The van der Waals surface area contributed by atoms with E-state index < -0.39 is 0 Å². The van der Waals surface area contributed by atoms with Gasteiger partial charge in [-0.15, -0.1) is 0 Å². The van der Waals surface area contributed by atoms with Crippen molar-refractivity contribution in [3.8, 4) is 0 Å².